The molecule has 5 heteroatoms. The number of amides is 1. The molecule has 0 radical (unpaired) electrons. The van der Waals surface area contributed by atoms with E-state index in [2.05, 4.69) is 4.74 Å². The van der Waals surface area contributed by atoms with Gasteiger partial charge in [-0.05, 0) is 25.2 Å². The summed E-state index contributed by atoms with van der Waals surface area (Å²) in [5.74, 6) is 0.372. The third-order valence-corrected chi connectivity index (χ3v) is 3.17. The number of rotatable bonds is 7. The topological polar surface area (TPSA) is 72.6 Å². The molecule has 1 rings (SSSR count). The Morgan fingerprint density at radius 3 is 2.65 bits per heavy atom. The normalized spacial score (nSPS) is 16.4. The lowest BCUT2D eigenvalue weighted by atomic mass is 10.1. The van der Waals surface area contributed by atoms with Crippen molar-refractivity contribution in [3.63, 3.8) is 0 Å². The lowest BCUT2D eigenvalue weighted by molar-refractivity contribution is -0.141. The van der Waals surface area contributed by atoms with E-state index in [1.54, 1.807) is 11.9 Å². The summed E-state index contributed by atoms with van der Waals surface area (Å²) in [5, 5.41) is 0. The zero-order valence-electron chi connectivity index (χ0n) is 10.6. The smallest absolute Gasteiger partial charge is 0.305 e. The number of methoxy groups -OCH3 is 1. The molecule has 98 valence electrons. The molecule has 0 aliphatic heterocycles. The monoisotopic (exact) mass is 242 g/mol. The standard InChI is InChI=1S/C12H22N2O3/c1-14(7-3-4-12(16)17-2)11(15)8-10(13)9-5-6-9/h9-10H,3-8,13H2,1-2H3. The maximum Gasteiger partial charge on any atom is 0.305 e. The van der Waals surface area contributed by atoms with E-state index in [9.17, 15) is 9.59 Å². The van der Waals surface area contributed by atoms with Crippen molar-refractivity contribution in [2.75, 3.05) is 20.7 Å². The minimum absolute atomic E-state index is 0.00515. The van der Waals surface area contributed by atoms with Gasteiger partial charge in [0.2, 0.25) is 5.91 Å². The highest BCUT2D eigenvalue weighted by atomic mass is 16.5. The van der Waals surface area contributed by atoms with Gasteiger partial charge in [-0.15, -0.1) is 0 Å². The molecule has 0 aromatic rings. The second-order valence-corrected chi connectivity index (χ2v) is 4.70. The van der Waals surface area contributed by atoms with E-state index in [1.807, 2.05) is 0 Å². The predicted molar refractivity (Wildman–Crippen MR) is 64.2 cm³/mol. The molecule has 1 aliphatic carbocycles. The Kier molecular flexibility index (Phi) is 5.41. The molecular formula is C12H22N2O3. The first-order valence-corrected chi connectivity index (χ1v) is 6.11. The Morgan fingerprint density at radius 2 is 2.12 bits per heavy atom. The fourth-order valence-electron chi connectivity index (χ4n) is 1.74. The van der Waals surface area contributed by atoms with Gasteiger partial charge in [0, 0.05) is 32.5 Å². The van der Waals surface area contributed by atoms with Crippen LogP contribution in [0, 0.1) is 5.92 Å². The largest absolute Gasteiger partial charge is 0.469 e. The number of carbonyl (C=O) groups excluding carboxylic acids is 2. The molecule has 1 amide bonds. The van der Waals surface area contributed by atoms with Crippen molar-refractivity contribution in [1.82, 2.24) is 4.90 Å². The fraction of sp³-hybridized carbons (Fsp3) is 0.833. The average Bonchev–Trinajstić information content (AvgIpc) is 3.12. The van der Waals surface area contributed by atoms with Gasteiger partial charge in [-0.3, -0.25) is 9.59 Å². The Morgan fingerprint density at radius 1 is 1.47 bits per heavy atom. The van der Waals surface area contributed by atoms with Crippen LogP contribution in [0.3, 0.4) is 0 Å². The zero-order valence-corrected chi connectivity index (χ0v) is 10.6. The van der Waals surface area contributed by atoms with Crippen LogP contribution in [-0.2, 0) is 14.3 Å². The maximum absolute atomic E-state index is 11.8. The summed E-state index contributed by atoms with van der Waals surface area (Å²) in [4.78, 5) is 24.3. The van der Waals surface area contributed by atoms with E-state index >= 15 is 0 Å². The van der Waals surface area contributed by atoms with Crippen LogP contribution in [0.1, 0.15) is 32.1 Å². The number of ether oxygens (including phenoxy) is 1. The predicted octanol–water partition coefficient (Wildman–Crippen LogP) is 0.525. The highest BCUT2D eigenvalue weighted by molar-refractivity contribution is 5.76. The molecule has 0 aromatic carbocycles. The second-order valence-electron chi connectivity index (χ2n) is 4.70. The summed E-state index contributed by atoms with van der Waals surface area (Å²) in [6, 6.07) is 0.00515. The molecule has 0 aromatic heterocycles. The van der Waals surface area contributed by atoms with E-state index in [1.165, 1.54) is 7.11 Å². The van der Waals surface area contributed by atoms with Gasteiger partial charge < -0.3 is 15.4 Å². The quantitative estimate of drug-likeness (QED) is 0.661. The van der Waals surface area contributed by atoms with Crippen LogP contribution in [0.25, 0.3) is 0 Å². The Labute approximate surface area is 102 Å². The van der Waals surface area contributed by atoms with Gasteiger partial charge in [-0.25, -0.2) is 0 Å². The zero-order chi connectivity index (χ0) is 12.8. The molecular weight excluding hydrogens is 220 g/mol. The van der Waals surface area contributed by atoms with E-state index in [0.717, 1.165) is 12.8 Å². The maximum atomic E-state index is 11.8. The lowest BCUT2D eigenvalue weighted by Gasteiger charge is -2.19. The molecule has 1 aliphatic rings. The van der Waals surface area contributed by atoms with Crippen LogP contribution in [0.15, 0.2) is 0 Å². The summed E-state index contributed by atoms with van der Waals surface area (Å²) in [7, 11) is 3.12. The number of hydrogen-bond donors (Lipinski definition) is 1. The summed E-state index contributed by atoms with van der Waals surface area (Å²) >= 11 is 0. The Bertz CT molecular complexity index is 277. The third kappa shape index (κ3) is 5.17. The Hall–Kier alpha value is -1.10. The number of nitrogens with two attached hydrogens (primary N) is 1. The molecule has 1 unspecified atom stereocenters. The number of hydrogen-bond acceptors (Lipinski definition) is 4. The second kappa shape index (κ2) is 6.59. The lowest BCUT2D eigenvalue weighted by Crippen LogP contribution is -2.35. The SMILES string of the molecule is COC(=O)CCCN(C)C(=O)CC(N)C1CC1. The van der Waals surface area contributed by atoms with E-state index in [-0.39, 0.29) is 17.9 Å². The van der Waals surface area contributed by atoms with Gasteiger partial charge in [0.15, 0.2) is 0 Å². The van der Waals surface area contributed by atoms with Crippen molar-refractivity contribution in [1.29, 1.82) is 0 Å². The molecule has 0 bridgehead atoms. The summed E-state index contributed by atoms with van der Waals surface area (Å²) < 4.78 is 4.53. The van der Waals surface area contributed by atoms with Gasteiger partial charge in [0.25, 0.3) is 0 Å². The van der Waals surface area contributed by atoms with E-state index in [0.29, 0.717) is 31.7 Å². The van der Waals surface area contributed by atoms with Gasteiger partial charge in [-0.1, -0.05) is 0 Å². The van der Waals surface area contributed by atoms with Crippen LogP contribution >= 0.6 is 0 Å². The molecule has 0 saturated heterocycles. The first-order chi connectivity index (χ1) is 8.04. The van der Waals surface area contributed by atoms with Gasteiger partial charge >= 0.3 is 5.97 Å². The highest BCUT2D eigenvalue weighted by Gasteiger charge is 2.30. The molecule has 5 nitrogen and oxygen atoms in total. The van der Waals surface area contributed by atoms with Gasteiger partial charge in [0.1, 0.15) is 0 Å². The first-order valence-electron chi connectivity index (χ1n) is 6.11. The Balaban J connectivity index is 2.15. The minimum Gasteiger partial charge on any atom is -0.469 e. The van der Waals surface area contributed by atoms with Crippen LogP contribution < -0.4 is 5.73 Å². The minimum atomic E-state index is -0.236. The number of carbonyl (C=O) groups is 2. The fourth-order valence-corrected chi connectivity index (χ4v) is 1.74. The van der Waals surface area contributed by atoms with Crippen molar-refractivity contribution < 1.29 is 14.3 Å². The van der Waals surface area contributed by atoms with Crippen LogP contribution in [-0.4, -0.2) is 43.5 Å². The summed E-state index contributed by atoms with van der Waals surface area (Å²) in [5.41, 5.74) is 5.89. The average molecular weight is 242 g/mol. The molecule has 0 spiro atoms. The molecule has 1 saturated carbocycles. The number of nitrogens with zero attached hydrogens (tertiary/aromatic N) is 1. The highest BCUT2D eigenvalue weighted by Crippen LogP contribution is 2.32. The molecule has 17 heavy (non-hydrogen) atoms. The summed E-state index contributed by atoms with van der Waals surface area (Å²) in [6.45, 7) is 0.575. The van der Waals surface area contributed by atoms with Crippen molar-refractivity contribution in [2.24, 2.45) is 11.7 Å². The van der Waals surface area contributed by atoms with Crippen LogP contribution in [0.5, 0.6) is 0 Å². The molecule has 1 atom stereocenters. The molecule has 1 fully saturated rings. The molecule has 2 N–H and O–H groups in total. The van der Waals surface area contributed by atoms with Crippen molar-refractivity contribution in [3.05, 3.63) is 0 Å². The number of esters is 1. The van der Waals surface area contributed by atoms with Crippen LogP contribution in [0.4, 0.5) is 0 Å². The van der Waals surface area contributed by atoms with E-state index < -0.39 is 0 Å². The summed E-state index contributed by atoms with van der Waals surface area (Å²) in [6.07, 6.45) is 3.71. The first kappa shape index (κ1) is 14.0. The molecule has 0 heterocycles. The van der Waals surface area contributed by atoms with Crippen molar-refractivity contribution >= 4 is 11.9 Å². The van der Waals surface area contributed by atoms with Gasteiger partial charge in [-0.2, -0.15) is 0 Å². The van der Waals surface area contributed by atoms with E-state index in [4.69, 9.17) is 5.73 Å². The van der Waals surface area contributed by atoms with Crippen molar-refractivity contribution in [3.8, 4) is 0 Å². The van der Waals surface area contributed by atoms with Crippen LogP contribution in [0.2, 0.25) is 0 Å². The third-order valence-electron chi connectivity index (χ3n) is 3.17. The van der Waals surface area contributed by atoms with Gasteiger partial charge in [0.05, 0.1) is 7.11 Å². The van der Waals surface area contributed by atoms with Crippen molar-refractivity contribution in [2.45, 2.75) is 38.1 Å².